The zero-order chi connectivity index (χ0) is 18.7. The Labute approximate surface area is 148 Å². The molecule has 0 N–H and O–H groups in total. The van der Waals surface area contributed by atoms with Crippen LogP contribution in [0.5, 0.6) is 0 Å². The first-order valence-electron chi connectivity index (χ1n) is 7.91. The second kappa shape index (κ2) is 7.55. The van der Waals surface area contributed by atoms with E-state index in [4.69, 9.17) is 4.74 Å². The van der Waals surface area contributed by atoms with Gasteiger partial charge in [-0.05, 0) is 27.2 Å². The van der Waals surface area contributed by atoms with Gasteiger partial charge in [0.05, 0.1) is 5.75 Å². The van der Waals surface area contributed by atoms with Gasteiger partial charge in [0, 0.05) is 19.5 Å². The summed E-state index contributed by atoms with van der Waals surface area (Å²) in [5.74, 6) is 0.311. The molecule has 0 aromatic carbocycles. The van der Waals surface area contributed by atoms with Gasteiger partial charge in [-0.2, -0.15) is 4.68 Å². The fraction of sp³-hybridized carbons (Fsp3) is 0.750. The van der Waals surface area contributed by atoms with E-state index in [1.54, 1.807) is 14.1 Å². The summed E-state index contributed by atoms with van der Waals surface area (Å²) in [6.45, 7) is 11.5. The molecule has 0 aliphatic heterocycles. The number of carbonyl (C=O) groups excluding carboxylic acids is 2. The zero-order valence-corrected chi connectivity index (χ0v) is 16.7. The highest BCUT2D eigenvalue weighted by Crippen LogP contribution is 2.27. The van der Waals surface area contributed by atoms with Crippen LogP contribution in [-0.4, -0.2) is 57.1 Å². The van der Waals surface area contributed by atoms with Crippen LogP contribution in [0.25, 0.3) is 0 Å². The van der Waals surface area contributed by atoms with Crippen LogP contribution in [0.3, 0.4) is 0 Å². The Bertz CT molecular complexity index is 603. The van der Waals surface area contributed by atoms with Gasteiger partial charge in [-0.3, -0.25) is 4.79 Å². The van der Waals surface area contributed by atoms with Crippen LogP contribution in [0.15, 0.2) is 5.16 Å². The molecule has 1 rings (SSSR count). The van der Waals surface area contributed by atoms with Crippen LogP contribution in [0.4, 0.5) is 4.79 Å². The molecule has 0 saturated carbocycles. The average molecular weight is 356 g/mol. The van der Waals surface area contributed by atoms with Crippen LogP contribution in [-0.2, 0) is 14.9 Å². The number of hydrogen-bond donors (Lipinski definition) is 0. The van der Waals surface area contributed by atoms with Crippen molar-refractivity contribution in [3.05, 3.63) is 5.82 Å². The highest BCUT2D eigenvalue weighted by atomic mass is 32.2. The van der Waals surface area contributed by atoms with Crippen molar-refractivity contribution in [2.45, 2.75) is 64.1 Å². The molecule has 0 atom stereocenters. The number of hydrogen-bond acceptors (Lipinski definition) is 6. The quantitative estimate of drug-likeness (QED) is 0.596. The summed E-state index contributed by atoms with van der Waals surface area (Å²) in [5.41, 5.74) is -0.792. The van der Waals surface area contributed by atoms with Crippen LogP contribution < -0.4 is 0 Å². The molecule has 1 amide bonds. The standard InChI is InChI=1S/C16H28N4O3S/c1-9-16(5,6)12-17-13(20(18-12)14(22)19(7)8)24-10-11(21)23-15(2,3)4/h9-10H2,1-8H3. The lowest BCUT2D eigenvalue weighted by Gasteiger charge is -2.19. The highest BCUT2D eigenvalue weighted by molar-refractivity contribution is 7.99. The van der Waals surface area contributed by atoms with Crippen molar-refractivity contribution >= 4 is 23.8 Å². The van der Waals surface area contributed by atoms with Crippen LogP contribution in [0, 0.1) is 0 Å². The lowest BCUT2D eigenvalue weighted by molar-refractivity contribution is -0.151. The van der Waals surface area contributed by atoms with Gasteiger partial charge in [0.15, 0.2) is 11.0 Å². The molecular formula is C16H28N4O3S. The van der Waals surface area contributed by atoms with Gasteiger partial charge >= 0.3 is 12.0 Å². The van der Waals surface area contributed by atoms with E-state index in [9.17, 15) is 9.59 Å². The van der Waals surface area contributed by atoms with Crippen molar-refractivity contribution in [2.75, 3.05) is 19.8 Å². The van der Waals surface area contributed by atoms with Gasteiger partial charge < -0.3 is 9.64 Å². The van der Waals surface area contributed by atoms with E-state index in [-0.39, 0.29) is 23.2 Å². The topological polar surface area (TPSA) is 77.3 Å². The first-order valence-corrected chi connectivity index (χ1v) is 8.90. The largest absolute Gasteiger partial charge is 0.459 e. The molecule has 1 heterocycles. The normalized spacial score (nSPS) is 12.2. The van der Waals surface area contributed by atoms with Crippen molar-refractivity contribution in [1.82, 2.24) is 19.7 Å². The number of esters is 1. The molecular weight excluding hydrogens is 328 g/mol. The monoisotopic (exact) mass is 356 g/mol. The Morgan fingerprint density at radius 3 is 2.25 bits per heavy atom. The van der Waals surface area contributed by atoms with Gasteiger partial charge in [0.2, 0.25) is 0 Å². The molecule has 0 radical (unpaired) electrons. The minimum atomic E-state index is -0.542. The number of rotatable bonds is 5. The smallest absolute Gasteiger partial charge is 0.346 e. The first kappa shape index (κ1) is 20.5. The Kier molecular flexibility index (Phi) is 6.44. The molecule has 0 aliphatic rings. The van der Waals surface area contributed by atoms with Crippen molar-refractivity contribution in [1.29, 1.82) is 0 Å². The SMILES string of the molecule is CCC(C)(C)c1nc(SCC(=O)OC(C)(C)C)n(C(=O)N(C)C)n1. The van der Waals surface area contributed by atoms with Crippen molar-refractivity contribution in [3.8, 4) is 0 Å². The number of amides is 1. The Hall–Kier alpha value is -1.57. The van der Waals surface area contributed by atoms with Crippen molar-refractivity contribution in [2.24, 2.45) is 0 Å². The van der Waals surface area contributed by atoms with E-state index in [1.807, 2.05) is 41.5 Å². The third kappa shape index (κ3) is 5.51. The molecule has 24 heavy (non-hydrogen) atoms. The van der Waals surface area contributed by atoms with E-state index in [1.165, 1.54) is 9.58 Å². The van der Waals surface area contributed by atoms with Crippen molar-refractivity contribution < 1.29 is 14.3 Å². The molecule has 8 heteroatoms. The molecule has 1 aromatic rings. The maximum atomic E-state index is 12.3. The fourth-order valence-electron chi connectivity index (χ4n) is 1.64. The van der Waals surface area contributed by atoms with E-state index < -0.39 is 5.60 Å². The Morgan fingerprint density at radius 2 is 1.79 bits per heavy atom. The Balaban J connectivity index is 3.03. The summed E-state index contributed by atoms with van der Waals surface area (Å²) in [7, 11) is 3.30. The Morgan fingerprint density at radius 1 is 1.21 bits per heavy atom. The zero-order valence-electron chi connectivity index (χ0n) is 15.8. The van der Waals surface area contributed by atoms with Gasteiger partial charge in [-0.1, -0.05) is 32.5 Å². The first-order chi connectivity index (χ1) is 10.9. The van der Waals surface area contributed by atoms with E-state index in [2.05, 4.69) is 10.1 Å². The second-order valence-corrected chi connectivity index (χ2v) is 8.36. The molecule has 0 unspecified atom stereocenters. The summed E-state index contributed by atoms with van der Waals surface area (Å²) < 4.78 is 6.54. The molecule has 136 valence electrons. The lowest BCUT2D eigenvalue weighted by atomic mass is 9.90. The van der Waals surface area contributed by atoms with Gasteiger partial charge in [0.25, 0.3) is 0 Å². The molecule has 0 fully saturated rings. The molecule has 0 saturated heterocycles. The molecule has 0 aliphatic carbocycles. The molecule has 0 bridgehead atoms. The number of carbonyl (C=O) groups is 2. The lowest BCUT2D eigenvalue weighted by Crippen LogP contribution is -2.29. The fourth-order valence-corrected chi connectivity index (χ4v) is 2.34. The summed E-state index contributed by atoms with van der Waals surface area (Å²) in [6.07, 6.45) is 0.837. The summed E-state index contributed by atoms with van der Waals surface area (Å²) in [5, 5.41) is 4.77. The summed E-state index contributed by atoms with van der Waals surface area (Å²) in [6, 6.07) is -0.299. The number of nitrogens with zero attached hydrogens (tertiary/aromatic N) is 4. The predicted molar refractivity (Wildman–Crippen MR) is 94.4 cm³/mol. The van der Waals surface area contributed by atoms with Gasteiger partial charge in [-0.25, -0.2) is 9.78 Å². The van der Waals surface area contributed by atoms with E-state index >= 15 is 0 Å². The molecule has 0 spiro atoms. The van der Waals surface area contributed by atoms with Gasteiger partial charge in [0.1, 0.15) is 5.60 Å². The van der Waals surface area contributed by atoms with Crippen LogP contribution >= 0.6 is 11.8 Å². The minimum Gasteiger partial charge on any atom is -0.459 e. The second-order valence-electron chi connectivity index (χ2n) is 7.42. The van der Waals surface area contributed by atoms with E-state index in [0.717, 1.165) is 18.2 Å². The predicted octanol–water partition coefficient (Wildman–Crippen LogP) is 2.93. The molecule has 7 nitrogen and oxygen atoms in total. The number of ether oxygens (including phenoxy) is 1. The maximum absolute atomic E-state index is 12.3. The minimum absolute atomic E-state index is 0.0721. The summed E-state index contributed by atoms with van der Waals surface area (Å²) >= 11 is 1.16. The summed E-state index contributed by atoms with van der Waals surface area (Å²) in [4.78, 5) is 30.1. The molecule has 1 aromatic heterocycles. The van der Waals surface area contributed by atoms with Crippen LogP contribution in [0.1, 0.15) is 53.8 Å². The van der Waals surface area contributed by atoms with E-state index in [0.29, 0.717) is 11.0 Å². The van der Waals surface area contributed by atoms with Crippen LogP contribution in [0.2, 0.25) is 0 Å². The number of aromatic nitrogens is 3. The highest BCUT2D eigenvalue weighted by Gasteiger charge is 2.28. The van der Waals surface area contributed by atoms with Gasteiger partial charge in [-0.15, -0.1) is 5.10 Å². The third-order valence-electron chi connectivity index (χ3n) is 3.37. The third-order valence-corrected chi connectivity index (χ3v) is 4.27. The average Bonchev–Trinajstić information content (AvgIpc) is 2.87. The maximum Gasteiger partial charge on any atom is 0.346 e. The number of thioether (sulfide) groups is 1. The van der Waals surface area contributed by atoms with Crippen molar-refractivity contribution in [3.63, 3.8) is 0 Å².